The summed E-state index contributed by atoms with van der Waals surface area (Å²) in [5, 5.41) is 9.82. The number of carboxylic acids is 1. The number of aliphatic carboxylic acids is 1. The molecule has 0 radical (unpaired) electrons. The van der Waals surface area contributed by atoms with Crippen LogP contribution in [0.3, 0.4) is 0 Å². The van der Waals surface area contributed by atoms with E-state index in [0.29, 0.717) is 19.4 Å². The molecule has 1 atom stereocenters. The van der Waals surface area contributed by atoms with Crippen LogP contribution in [0, 0.1) is 17.0 Å². The number of carbonyl (C=O) groups is 1. The zero-order valence-electron chi connectivity index (χ0n) is 13.1. The standard InChI is InChI=1S/C18H18F2N2O2/c19-14-6-4-13(5-7-14)11-18(17(23)24)8-2-10-22(12-18)16-15(20)3-1-9-21-16/h1,3-7,9H,2,8,10-12H2,(H,23,24)/t18-/m1/s1. The summed E-state index contributed by atoms with van der Waals surface area (Å²) in [6.07, 6.45) is 2.89. The number of hydrogen-bond donors (Lipinski definition) is 1. The molecule has 1 aliphatic heterocycles. The van der Waals surface area contributed by atoms with Crippen molar-refractivity contribution in [2.45, 2.75) is 19.3 Å². The van der Waals surface area contributed by atoms with Gasteiger partial charge in [0.25, 0.3) is 0 Å². The predicted molar refractivity (Wildman–Crippen MR) is 85.8 cm³/mol. The van der Waals surface area contributed by atoms with Gasteiger partial charge in [-0.1, -0.05) is 12.1 Å². The van der Waals surface area contributed by atoms with Gasteiger partial charge < -0.3 is 10.0 Å². The van der Waals surface area contributed by atoms with Gasteiger partial charge in [-0.2, -0.15) is 0 Å². The molecule has 1 fully saturated rings. The summed E-state index contributed by atoms with van der Waals surface area (Å²) in [6, 6.07) is 8.67. The van der Waals surface area contributed by atoms with Gasteiger partial charge in [-0.25, -0.2) is 13.8 Å². The van der Waals surface area contributed by atoms with Crippen LogP contribution >= 0.6 is 0 Å². The molecular formula is C18H18F2N2O2. The highest BCUT2D eigenvalue weighted by Crippen LogP contribution is 2.36. The summed E-state index contributed by atoms with van der Waals surface area (Å²) < 4.78 is 27.1. The van der Waals surface area contributed by atoms with Gasteiger partial charge in [-0.05, 0) is 49.1 Å². The average molecular weight is 332 g/mol. The van der Waals surface area contributed by atoms with Crippen molar-refractivity contribution in [1.82, 2.24) is 4.98 Å². The second kappa shape index (κ2) is 6.55. The van der Waals surface area contributed by atoms with Crippen LogP contribution in [-0.2, 0) is 11.2 Å². The Morgan fingerprint density at radius 2 is 2.00 bits per heavy atom. The number of halogens is 2. The third kappa shape index (κ3) is 3.22. The number of anilines is 1. The first-order chi connectivity index (χ1) is 11.5. The lowest BCUT2D eigenvalue weighted by molar-refractivity contribution is -0.149. The van der Waals surface area contributed by atoms with Crippen LogP contribution in [0.1, 0.15) is 18.4 Å². The molecule has 1 aromatic carbocycles. The molecule has 0 amide bonds. The highest BCUT2D eigenvalue weighted by Gasteiger charge is 2.43. The zero-order valence-corrected chi connectivity index (χ0v) is 13.1. The minimum absolute atomic E-state index is 0.174. The Bertz CT molecular complexity index is 736. The zero-order chi connectivity index (χ0) is 17.2. The highest BCUT2D eigenvalue weighted by atomic mass is 19.1. The van der Waals surface area contributed by atoms with Crippen molar-refractivity contribution in [3.05, 3.63) is 59.8 Å². The summed E-state index contributed by atoms with van der Waals surface area (Å²) in [5.41, 5.74) is -0.290. The molecule has 0 saturated carbocycles. The molecule has 3 rings (SSSR count). The van der Waals surface area contributed by atoms with Crippen LogP contribution in [0.25, 0.3) is 0 Å². The van der Waals surface area contributed by atoms with Crippen molar-refractivity contribution in [2.24, 2.45) is 5.41 Å². The number of aromatic nitrogens is 1. The molecule has 2 heterocycles. The molecule has 2 aromatic rings. The van der Waals surface area contributed by atoms with Crippen LogP contribution in [0.2, 0.25) is 0 Å². The fraction of sp³-hybridized carbons (Fsp3) is 0.333. The third-order valence-electron chi connectivity index (χ3n) is 4.52. The number of hydrogen-bond acceptors (Lipinski definition) is 3. The van der Waals surface area contributed by atoms with Gasteiger partial charge in [-0.15, -0.1) is 0 Å². The van der Waals surface area contributed by atoms with Crippen molar-refractivity contribution in [1.29, 1.82) is 0 Å². The van der Waals surface area contributed by atoms with Gasteiger partial charge in [0, 0.05) is 19.3 Å². The SMILES string of the molecule is O=C(O)[C@@]1(Cc2ccc(F)cc2)CCCN(c2ncccc2F)C1. The summed E-state index contributed by atoms with van der Waals surface area (Å²) in [5.74, 6) is -1.56. The van der Waals surface area contributed by atoms with E-state index in [2.05, 4.69) is 4.98 Å². The molecule has 1 aromatic heterocycles. The number of benzene rings is 1. The van der Waals surface area contributed by atoms with E-state index in [9.17, 15) is 18.7 Å². The van der Waals surface area contributed by atoms with Gasteiger partial charge >= 0.3 is 5.97 Å². The number of carboxylic acid groups (broad SMARTS) is 1. The number of nitrogens with zero attached hydrogens (tertiary/aromatic N) is 2. The maximum absolute atomic E-state index is 14.0. The summed E-state index contributed by atoms with van der Waals surface area (Å²) >= 11 is 0. The predicted octanol–water partition coefficient (Wildman–Crippen LogP) is 3.27. The van der Waals surface area contributed by atoms with Crippen molar-refractivity contribution < 1.29 is 18.7 Å². The van der Waals surface area contributed by atoms with Gasteiger partial charge in [0.15, 0.2) is 11.6 Å². The second-order valence-corrected chi connectivity index (χ2v) is 6.22. The Balaban J connectivity index is 1.88. The second-order valence-electron chi connectivity index (χ2n) is 6.22. The van der Waals surface area contributed by atoms with E-state index < -0.39 is 17.2 Å². The Morgan fingerprint density at radius 1 is 1.25 bits per heavy atom. The first-order valence-corrected chi connectivity index (χ1v) is 7.83. The molecule has 4 nitrogen and oxygen atoms in total. The van der Waals surface area contributed by atoms with E-state index in [-0.39, 0.29) is 24.6 Å². The summed E-state index contributed by atoms with van der Waals surface area (Å²) in [7, 11) is 0. The van der Waals surface area contributed by atoms with Gasteiger partial charge in [0.05, 0.1) is 5.41 Å². The highest BCUT2D eigenvalue weighted by molar-refractivity contribution is 5.76. The first-order valence-electron chi connectivity index (χ1n) is 7.83. The Morgan fingerprint density at radius 3 is 2.67 bits per heavy atom. The van der Waals surface area contributed by atoms with Gasteiger partial charge in [-0.3, -0.25) is 4.79 Å². The van der Waals surface area contributed by atoms with Crippen LogP contribution in [0.5, 0.6) is 0 Å². The van der Waals surface area contributed by atoms with Crippen LogP contribution in [0.4, 0.5) is 14.6 Å². The van der Waals surface area contributed by atoms with Crippen molar-refractivity contribution in [3.63, 3.8) is 0 Å². The van der Waals surface area contributed by atoms with E-state index in [1.54, 1.807) is 17.0 Å². The molecule has 126 valence electrons. The molecule has 0 unspecified atom stereocenters. The minimum atomic E-state index is -1.04. The fourth-order valence-corrected chi connectivity index (χ4v) is 3.31. The third-order valence-corrected chi connectivity index (χ3v) is 4.52. The maximum Gasteiger partial charge on any atom is 0.311 e. The maximum atomic E-state index is 14.0. The lowest BCUT2D eigenvalue weighted by Gasteiger charge is -2.40. The molecule has 24 heavy (non-hydrogen) atoms. The van der Waals surface area contributed by atoms with E-state index in [4.69, 9.17) is 0 Å². The largest absolute Gasteiger partial charge is 0.481 e. The normalized spacial score (nSPS) is 20.8. The van der Waals surface area contributed by atoms with E-state index in [1.807, 2.05) is 0 Å². The average Bonchev–Trinajstić information content (AvgIpc) is 2.57. The molecule has 6 heteroatoms. The van der Waals surface area contributed by atoms with Gasteiger partial charge in [0.1, 0.15) is 5.82 Å². The Hall–Kier alpha value is -2.50. The molecular weight excluding hydrogens is 314 g/mol. The number of piperidine rings is 1. The molecule has 0 bridgehead atoms. The first kappa shape index (κ1) is 16.4. The lowest BCUT2D eigenvalue weighted by Crippen LogP contribution is -2.49. The van der Waals surface area contributed by atoms with Crippen molar-refractivity contribution in [2.75, 3.05) is 18.0 Å². The lowest BCUT2D eigenvalue weighted by atomic mass is 9.75. The quantitative estimate of drug-likeness (QED) is 0.934. The molecule has 1 saturated heterocycles. The Kier molecular flexibility index (Phi) is 4.46. The van der Waals surface area contributed by atoms with E-state index >= 15 is 0 Å². The van der Waals surface area contributed by atoms with Gasteiger partial charge in [0.2, 0.25) is 0 Å². The molecule has 0 aliphatic carbocycles. The van der Waals surface area contributed by atoms with Crippen molar-refractivity contribution >= 4 is 11.8 Å². The topological polar surface area (TPSA) is 53.4 Å². The number of pyridine rings is 1. The monoisotopic (exact) mass is 332 g/mol. The van der Waals surface area contributed by atoms with Crippen LogP contribution in [-0.4, -0.2) is 29.1 Å². The molecule has 1 N–H and O–H groups in total. The minimum Gasteiger partial charge on any atom is -0.481 e. The van der Waals surface area contributed by atoms with Crippen LogP contribution < -0.4 is 4.90 Å². The smallest absolute Gasteiger partial charge is 0.311 e. The van der Waals surface area contributed by atoms with E-state index in [1.165, 1.54) is 30.5 Å². The summed E-state index contributed by atoms with van der Waals surface area (Å²) in [4.78, 5) is 17.7. The molecule has 1 aliphatic rings. The number of rotatable bonds is 4. The van der Waals surface area contributed by atoms with Crippen LogP contribution in [0.15, 0.2) is 42.6 Å². The van der Waals surface area contributed by atoms with Crippen molar-refractivity contribution in [3.8, 4) is 0 Å². The Labute approximate surface area is 138 Å². The van der Waals surface area contributed by atoms with E-state index in [0.717, 1.165) is 5.56 Å². The summed E-state index contributed by atoms with van der Waals surface area (Å²) in [6.45, 7) is 0.736. The molecule has 0 spiro atoms. The fourth-order valence-electron chi connectivity index (χ4n) is 3.31.